The van der Waals surface area contributed by atoms with Gasteiger partial charge in [-0.3, -0.25) is 9.59 Å². The number of carboxylic acid groups (broad SMARTS) is 1. The number of nitrogens with two attached hydrogens (primary N) is 1. The summed E-state index contributed by atoms with van der Waals surface area (Å²) >= 11 is 0. The first-order chi connectivity index (χ1) is 9.40. The summed E-state index contributed by atoms with van der Waals surface area (Å²) in [6.45, 7) is 3.74. The molecule has 1 aromatic carbocycles. The highest BCUT2D eigenvalue weighted by Gasteiger charge is 2.22. The maximum atomic E-state index is 12.0. The van der Waals surface area contributed by atoms with Crippen LogP contribution in [0.5, 0.6) is 0 Å². The SMILES string of the molecule is CC(C)C(CC(=O)O)NC(=O)[C@H](N)Cc1ccccc1. The zero-order valence-corrected chi connectivity index (χ0v) is 11.9. The molecule has 1 unspecified atom stereocenters. The number of hydrogen-bond acceptors (Lipinski definition) is 3. The molecule has 0 spiro atoms. The fraction of sp³-hybridized carbons (Fsp3) is 0.467. The molecule has 5 heteroatoms. The standard InChI is InChI=1S/C15H22N2O3/c1-10(2)13(9-14(18)19)17-15(20)12(16)8-11-6-4-3-5-7-11/h3-7,10,12-13H,8-9,16H2,1-2H3,(H,17,20)(H,18,19)/t12-,13?/m1/s1. The molecule has 4 N–H and O–H groups in total. The maximum Gasteiger partial charge on any atom is 0.305 e. The lowest BCUT2D eigenvalue weighted by molar-refractivity contribution is -0.138. The number of carbonyl (C=O) groups excluding carboxylic acids is 1. The van der Waals surface area contributed by atoms with Gasteiger partial charge in [-0.05, 0) is 17.9 Å². The second kappa shape index (κ2) is 7.65. The lowest BCUT2D eigenvalue weighted by Gasteiger charge is -2.22. The van der Waals surface area contributed by atoms with Crippen LogP contribution in [-0.2, 0) is 16.0 Å². The normalized spacial score (nSPS) is 13.8. The summed E-state index contributed by atoms with van der Waals surface area (Å²) in [5, 5.41) is 11.6. The first-order valence-electron chi connectivity index (χ1n) is 6.71. The lowest BCUT2D eigenvalue weighted by atomic mass is 9.99. The van der Waals surface area contributed by atoms with Gasteiger partial charge in [-0.2, -0.15) is 0 Å². The van der Waals surface area contributed by atoms with Crippen LogP contribution in [0.15, 0.2) is 30.3 Å². The Balaban J connectivity index is 2.57. The Morgan fingerprint density at radius 2 is 1.85 bits per heavy atom. The van der Waals surface area contributed by atoms with E-state index in [1.807, 2.05) is 44.2 Å². The smallest absolute Gasteiger partial charge is 0.305 e. The monoisotopic (exact) mass is 278 g/mol. The average Bonchev–Trinajstić information content (AvgIpc) is 2.38. The second-order valence-corrected chi connectivity index (χ2v) is 5.25. The number of carbonyl (C=O) groups is 2. The molecule has 0 saturated heterocycles. The van der Waals surface area contributed by atoms with Crippen molar-refractivity contribution in [2.75, 3.05) is 0 Å². The topological polar surface area (TPSA) is 92.4 Å². The predicted molar refractivity (Wildman–Crippen MR) is 77.1 cm³/mol. The number of carboxylic acids is 1. The van der Waals surface area contributed by atoms with Gasteiger partial charge in [0.05, 0.1) is 12.5 Å². The van der Waals surface area contributed by atoms with Crippen LogP contribution in [0.2, 0.25) is 0 Å². The molecule has 0 aliphatic rings. The maximum absolute atomic E-state index is 12.0. The number of rotatable bonds is 7. The first kappa shape index (κ1) is 16.2. The highest BCUT2D eigenvalue weighted by Crippen LogP contribution is 2.07. The molecule has 5 nitrogen and oxygen atoms in total. The molecule has 0 fully saturated rings. The number of hydrogen-bond donors (Lipinski definition) is 3. The van der Waals surface area contributed by atoms with Crippen LogP contribution < -0.4 is 11.1 Å². The fourth-order valence-corrected chi connectivity index (χ4v) is 1.89. The zero-order chi connectivity index (χ0) is 15.1. The van der Waals surface area contributed by atoms with Crippen molar-refractivity contribution >= 4 is 11.9 Å². The molecular weight excluding hydrogens is 256 g/mol. The van der Waals surface area contributed by atoms with Gasteiger partial charge in [-0.15, -0.1) is 0 Å². The summed E-state index contributed by atoms with van der Waals surface area (Å²) in [6.07, 6.45) is 0.339. The highest BCUT2D eigenvalue weighted by atomic mass is 16.4. The van der Waals surface area contributed by atoms with E-state index in [9.17, 15) is 9.59 Å². The molecular formula is C15H22N2O3. The van der Waals surface area contributed by atoms with E-state index >= 15 is 0 Å². The van der Waals surface area contributed by atoms with Crippen LogP contribution >= 0.6 is 0 Å². The molecule has 0 radical (unpaired) electrons. The summed E-state index contributed by atoms with van der Waals surface area (Å²) in [7, 11) is 0. The minimum Gasteiger partial charge on any atom is -0.481 e. The van der Waals surface area contributed by atoms with Crippen LogP contribution in [0.25, 0.3) is 0 Å². The van der Waals surface area contributed by atoms with Crippen LogP contribution in [0, 0.1) is 5.92 Å². The molecule has 0 aromatic heterocycles. The molecule has 110 valence electrons. The van der Waals surface area contributed by atoms with E-state index in [-0.39, 0.29) is 18.2 Å². The Bertz CT molecular complexity index is 446. The van der Waals surface area contributed by atoms with Crippen LogP contribution in [0.1, 0.15) is 25.8 Å². The van der Waals surface area contributed by atoms with Gasteiger partial charge in [0, 0.05) is 6.04 Å². The third-order valence-electron chi connectivity index (χ3n) is 3.16. The Hall–Kier alpha value is -1.88. The van der Waals surface area contributed by atoms with Gasteiger partial charge < -0.3 is 16.2 Å². The Labute approximate surface area is 119 Å². The first-order valence-corrected chi connectivity index (χ1v) is 6.71. The summed E-state index contributed by atoms with van der Waals surface area (Å²) < 4.78 is 0. The van der Waals surface area contributed by atoms with Crippen molar-refractivity contribution in [3.63, 3.8) is 0 Å². The molecule has 0 aliphatic carbocycles. The average molecular weight is 278 g/mol. The summed E-state index contributed by atoms with van der Waals surface area (Å²) in [5.74, 6) is -1.20. The molecule has 0 bridgehead atoms. The molecule has 20 heavy (non-hydrogen) atoms. The van der Waals surface area contributed by atoms with Crippen molar-refractivity contribution in [1.29, 1.82) is 0 Å². The van der Waals surface area contributed by atoms with Gasteiger partial charge in [0.25, 0.3) is 0 Å². The van der Waals surface area contributed by atoms with Gasteiger partial charge in [-0.1, -0.05) is 44.2 Å². The van der Waals surface area contributed by atoms with E-state index in [1.54, 1.807) is 0 Å². The lowest BCUT2D eigenvalue weighted by Crippen LogP contribution is -2.48. The van der Waals surface area contributed by atoms with Gasteiger partial charge in [0.1, 0.15) is 0 Å². The highest BCUT2D eigenvalue weighted by molar-refractivity contribution is 5.82. The van der Waals surface area contributed by atoms with E-state index in [4.69, 9.17) is 10.8 Å². The minimum absolute atomic E-state index is 0.0407. The van der Waals surface area contributed by atoms with Crippen LogP contribution in [-0.4, -0.2) is 29.1 Å². The van der Waals surface area contributed by atoms with E-state index < -0.39 is 18.1 Å². The van der Waals surface area contributed by atoms with Crippen molar-refractivity contribution in [3.05, 3.63) is 35.9 Å². The van der Waals surface area contributed by atoms with Gasteiger partial charge in [0.2, 0.25) is 5.91 Å². The largest absolute Gasteiger partial charge is 0.481 e. The van der Waals surface area contributed by atoms with Crippen LogP contribution in [0.3, 0.4) is 0 Å². The van der Waals surface area contributed by atoms with Gasteiger partial charge >= 0.3 is 5.97 Å². The molecule has 2 atom stereocenters. The number of amides is 1. The van der Waals surface area contributed by atoms with E-state index in [0.717, 1.165) is 5.56 Å². The van der Waals surface area contributed by atoms with Crippen molar-refractivity contribution < 1.29 is 14.7 Å². The second-order valence-electron chi connectivity index (χ2n) is 5.25. The Morgan fingerprint density at radius 3 is 2.35 bits per heavy atom. The zero-order valence-electron chi connectivity index (χ0n) is 11.9. The van der Waals surface area contributed by atoms with E-state index in [1.165, 1.54) is 0 Å². The minimum atomic E-state index is -0.930. The Kier molecular flexibility index (Phi) is 6.18. The van der Waals surface area contributed by atoms with Crippen molar-refractivity contribution in [3.8, 4) is 0 Å². The summed E-state index contributed by atoms with van der Waals surface area (Å²) in [4.78, 5) is 22.8. The number of benzene rings is 1. The van der Waals surface area contributed by atoms with Crippen molar-refractivity contribution in [1.82, 2.24) is 5.32 Å². The number of aliphatic carboxylic acids is 1. The summed E-state index contributed by atoms with van der Waals surface area (Å²) in [5.41, 5.74) is 6.85. The molecule has 1 amide bonds. The van der Waals surface area contributed by atoms with Crippen LogP contribution in [0.4, 0.5) is 0 Å². The fourth-order valence-electron chi connectivity index (χ4n) is 1.89. The molecule has 0 heterocycles. The van der Waals surface area contributed by atoms with Crippen molar-refractivity contribution in [2.24, 2.45) is 11.7 Å². The number of nitrogens with one attached hydrogen (secondary N) is 1. The quantitative estimate of drug-likeness (QED) is 0.698. The van der Waals surface area contributed by atoms with Gasteiger partial charge in [-0.25, -0.2) is 0 Å². The van der Waals surface area contributed by atoms with E-state index in [0.29, 0.717) is 6.42 Å². The summed E-state index contributed by atoms with van der Waals surface area (Å²) in [6, 6.07) is 8.42. The van der Waals surface area contributed by atoms with Gasteiger partial charge in [0.15, 0.2) is 0 Å². The van der Waals surface area contributed by atoms with Crippen molar-refractivity contribution in [2.45, 2.75) is 38.8 Å². The molecule has 1 rings (SSSR count). The molecule has 0 saturated carbocycles. The molecule has 1 aromatic rings. The predicted octanol–water partition coefficient (Wildman–Crippen LogP) is 1.17. The third-order valence-corrected chi connectivity index (χ3v) is 3.16. The molecule has 0 aliphatic heterocycles. The van der Waals surface area contributed by atoms with E-state index in [2.05, 4.69) is 5.32 Å². The third kappa shape index (κ3) is 5.40. The Morgan fingerprint density at radius 1 is 1.25 bits per heavy atom.